The third-order valence-corrected chi connectivity index (χ3v) is 8.71. The summed E-state index contributed by atoms with van der Waals surface area (Å²) in [5.74, 6) is 0. The first-order valence-corrected chi connectivity index (χ1v) is 14.6. The summed E-state index contributed by atoms with van der Waals surface area (Å²) in [6.07, 6.45) is 0. The Bertz CT molecular complexity index is 2570. The van der Waals surface area contributed by atoms with Crippen LogP contribution in [0.4, 0.5) is 0 Å². The number of para-hydroxylation sites is 1. The molecular weight excluding hydrogens is 520 g/mol. The molecule has 200 valence electrons. The summed E-state index contributed by atoms with van der Waals surface area (Å²) in [6.45, 7) is 0. The van der Waals surface area contributed by atoms with E-state index in [1.807, 2.05) is 36.4 Å². The van der Waals surface area contributed by atoms with Crippen LogP contribution in [0.2, 0.25) is 0 Å². The molecular formula is C42H26O. The summed E-state index contributed by atoms with van der Waals surface area (Å²) in [4.78, 5) is 0. The Labute approximate surface area is 252 Å². The molecule has 0 N–H and O–H groups in total. The molecule has 0 saturated heterocycles. The average molecular weight is 549 g/mol. The van der Waals surface area contributed by atoms with Gasteiger partial charge in [-0.2, -0.15) is 0 Å². The van der Waals surface area contributed by atoms with Crippen LogP contribution in [0.5, 0.6) is 0 Å². The second kappa shape index (κ2) is 9.44. The molecule has 9 rings (SSSR count). The molecule has 0 unspecified atom stereocenters. The molecule has 0 aliphatic carbocycles. The van der Waals surface area contributed by atoms with E-state index in [4.69, 9.17) is 7.16 Å². The fourth-order valence-corrected chi connectivity index (χ4v) is 6.79. The number of hydrogen-bond donors (Lipinski definition) is 0. The van der Waals surface area contributed by atoms with E-state index in [-0.39, 0.29) is 0 Å². The van der Waals surface area contributed by atoms with E-state index in [0.717, 1.165) is 38.3 Å². The molecule has 43 heavy (non-hydrogen) atoms. The monoisotopic (exact) mass is 548 g/mol. The van der Waals surface area contributed by atoms with Crippen molar-refractivity contribution in [2.24, 2.45) is 0 Å². The topological polar surface area (TPSA) is 13.1 Å². The second-order valence-corrected chi connectivity index (χ2v) is 11.1. The van der Waals surface area contributed by atoms with Crippen molar-refractivity contribution < 1.29 is 7.16 Å². The number of benzene rings is 8. The van der Waals surface area contributed by atoms with E-state index in [1.54, 1.807) is 6.07 Å². The van der Waals surface area contributed by atoms with Crippen LogP contribution in [-0.4, -0.2) is 0 Å². The predicted octanol–water partition coefficient (Wildman–Crippen LogP) is 12.0. The van der Waals surface area contributed by atoms with Gasteiger partial charge in [-0.15, -0.1) is 0 Å². The molecule has 0 saturated carbocycles. The van der Waals surface area contributed by atoms with Gasteiger partial charge in [0.1, 0.15) is 11.2 Å². The third kappa shape index (κ3) is 3.72. The van der Waals surface area contributed by atoms with Gasteiger partial charge in [-0.1, -0.05) is 133 Å². The third-order valence-electron chi connectivity index (χ3n) is 8.71. The van der Waals surface area contributed by atoms with Crippen molar-refractivity contribution in [2.75, 3.05) is 0 Å². The molecule has 8 aromatic carbocycles. The summed E-state index contributed by atoms with van der Waals surface area (Å²) >= 11 is 0. The van der Waals surface area contributed by atoms with Crippen molar-refractivity contribution >= 4 is 54.3 Å². The van der Waals surface area contributed by atoms with E-state index in [9.17, 15) is 0 Å². The van der Waals surface area contributed by atoms with E-state index in [0.29, 0.717) is 17.7 Å². The maximum atomic E-state index is 8.36. The van der Waals surface area contributed by atoms with Crippen LogP contribution in [0.1, 0.15) is 2.74 Å². The van der Waals surface area contributed by atoms with Gasteiger partial charge < -0.3 is 4.42 Å². The lowest BCUT2D eigenvalue weighted by atomic mass is 9.83. The second-order valence-electron chi connectivity index (χ2n) is 11.1. The maximum Gasteiger partial charge on any atom is 0.135 e. The van der Waals surface area contributed by atoms with Gasteiger partial charge in [0.25, 0.3) is 0 Å². The fourth-order valence-electron chi connectivity index (χ4n) is 6.79. The van der Waals surface area contributed by atoms with Crippen LogP contribution >= 0.6 is 0 Å². The maximum absolute atomic E-state index is 8.36. The van der Waals surface area contributed by atoms with Crippen LogP contribution in [0.3, 0.4) is 0 Å². The van der Waals surface area contributed by atoms with Gasteiger partial charge in [0.15, 0.2) is 0 Å². The zero-order valence-electron chi connectivity index (χ0n) is 25.3. The number of fused-ring (bicyclic) bond motifs is 6. The molecule has 0 atom stereocenters. The molecule has 1 nitrogen and oxygen atoms in total. The highest BCUT2D eigenvalue weighted by Gasteiger charge is 2.19. The van der Waals surface area contributed by atoms with E-state index in [2.05, 4.69) is 103 Å². The van der Waals surface area contributed by atoms with Crippen molar-refractivity contribution in [1.29, 1.82) is 0 Å². The Morgan fingerprint density at radius 1 is 0.395 bits per heavy atom. The zero-order valence-corrected chi connectivity index (χ0v) is 23.3. The zero-order chi connectivity index (χ0) is 30.1. The Balaban J connectivity index is 1.34. The number of hydrogen-bond acceptors (Lipinski definition) is 1. The lowest BCUT2D eigenvalue weighted by Crippen LogP contribution is -1.92. The van der Waals surface area contributed by atoms with Gasteiger partial charge >= 0.3 is 0 Å². The summed E-state index contributed by atoms with van der Waals surface area (Å²) in [5, 5.41) is 8.97. The minimum atomic E-state index is 0.400. The average Bonchev–Trinajstić information content (AvgIpc) is 3.46. The van der Waals surface area contributed by atoms with Gasteiger partial charge in [-0.05, 0) is 89.9 Å². The lowest BCUT2D eigenvalue weighted by molar-refractivity contribution is 0.669. The van der Waals surface area contributed by atoms with Crippen LogP contribution in [-0.2, 0) is 0 Å². The molecule has 1 heterocycles. The van der Waals surface area contributed by atoms with Crippen molar-refractivity contribution in [2.45, 2.75) is 0 Å². The number of furan rings is 1. The SMILES string of the molecule is [2H]c1ccc2cc(-c3ccccc3-c3c4ccccc4c(-c4ccc5oc6c([2H])cccc6c5c4)c4ccccc34)ccc2c1. The van der Waals surface area contributed by atoms with Gasteiger partial charge in [-0.3, -0.25) is 0 Å². The van der Waals surface area contributed by atoms with Gasteiger partial charge in [0.2, 0.25) is 0 Å². The van der Waals surface area contributed by atoms with Crippen LogP contribution in [0.15, 0.2) is 162 Å². The highest BCUT2D eigenvalue weighted by atomic mass is 16.3. The van der Waals surface area contributed by atoms with Crippen LogP contribution < -0.4 is 0 Å². The molecule has 0 radical (unpaired) electrons. The molecule has 0 spiro atoms. The molecule has 9 aromatic rings. The minimum absolute atomic E-state index is 0.400. The Morgan fingerprint density at radius 2 is 1.05 bits per heavy atom. The summed E-state index contributed by atoms with van der Waals surface area (Å²) in [5.41, 5.74) is 8.47. The van der Waals surface area contributed by atoms with Crippen molar-refractivity contribution in [3.8, 4) is 33.4 Å². The minimum Gasteiger partial charge on any atom is -0.456 e. The van der Waals surface area contributed by atoms with E-state index >= 15 is 0 Å². The van der Waals surface area contributed by atoms with E-state index in [1.165, 1.54) is 43.8 Å². The summed E-state index contributed by atoms with van der Waals surface area (Å²) < 4.78 is 22.5. The highest BCUT2D eigenvalue weighted by molar-refractivity contribution is 6.23. The Kier molecular flexibility index (Phi) is 4.83. The van der Waals surface area contributed by atoms with Gasteiger partial charge in [-0.25, -0.2) is 0 Å². The van der Waals surface area contributed by atoms with Crippen LogP contribution in [0.25, 0.3) is 87.6 Å². The van der Waals surface area contributed by atoms with Crippen molar-refractivity contribution in [1.82, 2.24) is 0 Å². The largest absolute Gasteiger partial charge is 0.456 e. The first-order valence-electron chi connectivity index (χ1n) is 15.6. The van der Waals surface area contributed by atoms with Gasteiger partial charge in [0.05, 0.1) is 2.74 Å². The fraction of sp³-hybridized carbons (Fsp3) is 0. The van der Waals surface area contributed by atoms with Crippen molar-refractivity contribution in [3.05, 3.63) is 158 Å². The van der Waals surface area contributed by atoms with Crippen molar-refractivity contribution in [3.63, 3.8) is 0 Å². The molecule has 1 heteroatoms. The van der Waals surface area contributed by atoms with Crippen LogP contribution in [0, 0.1) is 0 Å². The lowest BCUT2D eigenvalue weighted by Gasteiger charge is -2.20. The molecule has 0 aliphatic heterocycles. The summed E-state index contributed by atoms with van der Waals surface area (Å²) in [7, 11) is 0. The molecule has 0 aliphatic rings. The molecule has 0 bridgehead atoms. The first-order chi connectivity index (χ1) is 22.1. The smallest absolute Gasteiger partial charge is 0.135 e. The Hall–Kier alpha value is -5.66. The summed E-state index contributed by atoms with van der Waals surface area (Å²) in [6, 6.07) is 51.6. The standard InChI is InChI=1S/C42H26O/c1-2-12-28-25-29(22-21-27(28)11-1)31-13-3-4-15-33(31)42-36-18-7-5-16-34(36)41(35-17-6-8-19-37(35)42)30-23-24-40-38(26-30)32-14-9-10-20-39(32)43-40/h1-26H/i1D,20D. The van der Waals surface area contributed by atoms with E-state index < -0.39 is 0 Å². The normalized spacial score (nSPS) is 12.4. The predicted molar refractivity (Wildman–Crippen MR) is 183 cm³/mol. The molecule has 0 fully saturated rings. The first kappa shape index (κ1) is 22.0. The highest BCUT2D eigenvalue weighted by Crippen LogP contribution is 2.46. The quantitative estimate of drug-likeness (QED) is 0.200. The number of rotatable bonds is 3. The Morgan fingerprint density at radius 3 is 1.84 bits per heavy atom. The molecule has 1 aromatic heterocycles. The van der Waals surface area contributed by atoms with Gasteiger partial charge in [0, 0.05) is 10.8 Å². The molecule has 0 amide bonds.